The number of pyridine rings is 2. The van der Waals surface area contributed by atoms with Crippen molar-refractivity contribution in [3.8, 4) is 5.75 Å². The fourth-order valence-electron chi connectivity index (χ4n) is 2.29. The lowest BCUT2D eigenvalue weighted by Gasteiger charge is -2.13. The number of thioether (sulfide) groups is 1. The number of alkyl halides is 3. The number of ether oxygens (including phenoxy) is 1. The van der Waals surface area contributed by atoms with Crippen LogP contribution in [0.15, 0.2) is 70.6 Å². The van der Waals surface area contributed by atoms with E-state index in [0.717, 1.165) is 11.6 Å². The van der Waals surface area contributed by atoms with Crippen LogP contribution in [0.3, 0.4) is 0 Å². The van der Waals surface area contributed by atoms with Crippen molar-refractivity contribution in [1.82, 2.24) is 9.97 Å². The van der Waals surface area contributed by atoms with Gasteiger partial charge in [0.1, 0.15) is 10.8 Å². The molecule has 3 aromatic rings. The molecule has 0 fully saturated rings. The molecule has 0 spiro atoms. The Hall–Kier alpha value is -2.59. The number of benzene rings is 1. The van der Waals surface area contributed by atoms with Gasteiger partial charge in [0.15, 0.2) is 0 Å². The second-order valence-electron chi connectivity index (χ2n) is 5.65. The molecule has 0 saturated carbocycles. The van der Waals surface area contributed by atoms with E-state index < -0.39 is 18.0 Å². The van der Waals surface area contributed by atoms with Gasteiger partial charge in [-0.3, -0.25) is 9.78 Å². The third-order valence-electron chi connectivity index (χ3n) is 3.56. The maximum absolute atomic E-state index is 12.7. The highest BCUT2D eigenvalue weighted by Gasteiger charge is 2.32. The summed E-state index contributed by atoms with van der Waals surface area (Å²) in [7, 11) is 0. The second kappa shape index (κ2) is 9.27. The quantitative estimate of drug-likeness (QED) is 0.456. The van der Waals surface area contributed by atoms with Crippen LogP contribution >= 0.6 is 27.7 Å². The summed E-state index contributed by atoms with van der Waals surface area (Å²) in [6, 6.07) is 10.8. The number of aromatic nitrogens is 2. The highest BCUT2D eigenvalue weighted by Crippen LogP contribution is 2.33. The largest absolute Gasteiger partial charge is 0.573 e. The number of hydrogen-bond acceptors (Lipinski definition) is 5. The lowest BCUT2D eigenvalue weighted by atomic mass is 10.2. The fraction of sp³-hybridized carbons (Fsp3) is 0.105. The van der Waals surface area contributed by atoms with E-state index in [2.05, 4.69) is 36.0 Å². The van der Waals surface area contributed by atoms with Gasteiger partial charge in [-0.1, -0.05) is 0 Å². The standard InChI is InChI=1S/C19H13BrF3N3O2S/c20-15-10-13(3-4-16(15)28-19(21,22)23)26-17(27)14-2-1-7-25-18(14)29-11-12-5-8-24-9-6-12/h1-10H,11H2,(H,26,27). The zero-order chi connectivity index (χ0) is 20.9. The zero-order valence-corrected chi connectivity index (χ0v) is 17.0. The monoisotopic (exact) mass is 483 g/mol. The van der Waals surface area contributed by atoms with Gasteiger partial charge < -0.3 is 10.1 Å². The van der Waals surface area contributed by atoms with E-state index in [0.29, 0.717) is 22.0 Å². The summed E-state index contributed by atoms with van der Waals surface area (Å²) in [4.78, 5) is 20.9. The summed E-state index contributed by atoms with van der Waals surface area (Å²) >= 11 is 4.41. The normalized spacial score (nSPS) is 11.2. The average Bonchev–Trinajstić information content (AvgIpc) is 2.68. The van der Waals surface area contributed by atoms with Crippen molar-refractivity contribution in [3.05, 3.63) is 76.7 Å². The molecular weight excluding hydrogens is 471 g/mol. The van der Waals surface area contributed by atoms with Crippen molar-refractivity contribution < 1.29 is 22.7 Å². The van der Waals surface area contributed by atoms with Gasteiger partial charge in [-0.05, 0) is 64.0 Å². The number of carbonyl (C=O) groups is 1. The molecule has 0 aliphatic rings. The molecule has 1 aromatic carbocycles. The lowest BCUT2D eigenvalue weighted by molar-refractivity contribution is -0.274. The zero-order valence-electron chi connectivity index (χ0n) is 14.6. The molecule has 5 nitrogen and oxygen atoms in total. The van der Waals surface area contributed by atoms with E-state index >= 15 is 0 Å². The van der Waals surface area contributed by atoms with Gasteiger partial charge >= 0.3 is 6.36 Å². The smallest absolute Gasteiger partial charge is 0.405 e. The van der Waals surface area contributed by atoms with Crippen molar-refractivity contribution in [2.45, 2.75) is 17.1 Å². The second-order valence-corrected chi connectivity index (χ2v) is 7.47. The van der Waals surface area contributed by atoms with E-state index in [1.54, 1.807) is 30.7 Å². The maximum Gasteiger partial charge on any atom is 0.573 e. The van der Waals surface area contributed by atoms with Crippen LogP contribution in [-0.4, -0.2) is 22.2 Å². The van der Waals surface area contributed by atoms with Crippen LogP contribution in [-0.2, 0) is 5.75 Å². The number of nitrogens with zero attached hydrogens (tertiary/aromatic N) is 2. The molecule has 1 N–H and O–H groups in total. The Morgan fingerprint density at radius 2 is 1.90 bits per heavy atom. The van der Waals surface area contributed by atoms with Crippen LogP contribution in [0.5, 0.6) is 5.75 Å². The van der Waals surface area contributed by atoms with Crippen molar-refractivity contribution in [2.24, 2.45) is 0 Å². The number of halogens is 4. The highest BCUT2D eigenvalue weighted by atomic mass is 79.9. The predicted molar refractivity (Wildman–Crippen MR) is 107 cm³/mol. The molecular formula is C19H13BrF3N3O2S. The van der Waals surface area contributed by atoms with Crippen LogP contribution in [0.1, 0.15) is 15.9 Å². The molecule has 2 aromatic heterocycles. The highest BCUT2D eigenvalue weighted by molar-refractivity contribution is 9.10. The van der Waals surface area contributed by atoms with Crippen LogP contribution in [0.4, 0.5) is 18.9 Å². The first-order valence-corrected chi connectivity index (χ1v) is 9.93. The first kappa shape index (κ1) is 21.1. The Balaban J connectivity index is 1.72. The molecule has 3 rings (SSSR count). The van der Waals surface area contributed by atoms with Gasteiger partial charge in [0.05, 0.1) is 10.0 Å². The van der Waals surface area contributed by atoms with Gasteiger partial charge in [0, 0.05) is 30.0 Å². The van der Waals surface area contributed by atoms with Crippen molar-refractivity contribution in [1.29, 1.82) is 0 Å². The summed E-state index contributed by atoms with van der Waals surface area (Å²) in [5.41, 5.74) is 1.70. The molecule has 10 heteroatoms. The number of nitrogens with one attached hydrogen (secondary N) is 1. The number of amides is 1. The van der Waals surface area contributed by atoms with Crippen molar-refractivity contribution >= 4 is 39.3 Å². The number of hydrogen-bond donors (Lipinski definition) is 1. The molecule has 29 heavy (non-hydrogen) atoms. The summed E-state index contributed by atoms with van der Waals surface area (Å²) in [5, 5.41) is 3.20. The molecule has 0 aliphatic carbocycles. The SMILES string of the molecule is O=C(Nc1ccc(OC(F)(F)F)c(Br)c1)c1cccnc1SCc1ccncc1. The van der Waals surface area contributed by atoms with Gasteiger partial charge in [0.2, 0.25) is 0 Å². The summed E-state index contributed by atoms with van der Waals surface area (Å²) in [5.74, 6) is -0.216. The Morgan fingerprint density at radius 1 is 1.14 bits per heavy atom. The van der Waals surface area contributed by atoms with E-state index in [4.69, 9.17) is 0 Å². The predicted octanol–water partition coefficient (Wildman–Crippen LogP) is 5.68. The minimum absolute atomic E-state index is 0.0612. The van der Waals surface area contributed by atoms with Gasteiger partial charge in [0.25, 0.3) is 5.91 Å². The van der Waals surface area contributed by atoms with E-state index in [1.165, 1.54) is 23.9 Å². The third-order valence-corrected chi connectivity index (χ3v) is 5.25. The number of carbonyl (C=O) groups excluding carboxylic acids is 1. The Kier molecular flexibility index (Phi) is 6.75. The minimum atomic E-state index is -4.80. The Labute approximate surface area is 176 Å². The number of anilines is 1. The number of rotatable bonds is 6. The maximum atomic E-state index is 12.7. The third kappa shape index (κ3) is 6.20. The molecule has 2 heterocycles. The van der Waals surface area contributed by atoms with Gasteiger partial charge in [-0.25, -0.2) is 4.98 Å². The van der Waals surface area contributed by atoms with E-state index in [-0.39, 0.29) is 4.47 Å². The average molecular weight is 484 g/mol. The topological polar surface area (TPSA) is 64.1 Å². The first-order chi connectivity index (χ1) is 13.8. The molecule has 0 bridgehead atoms. The van der Waals surface area contributed by atoms with Gasteiger partial charge in [-0.2, -0.15) is 0 Å². The van der Waals surface area contributed by atoms with Crippen LogP contribution in [0.2, 0.25) is 0 Å². The molecule has 0 aliphatic heterocycles. The molecule has 0 unspecified atom stereocenters. The molecule has 1 amide bonds. The molecule has 150 valence electrons. The minimum Gasteiger partial charge on any atom is -0.405 e. The molecule has 0 saturated heterocycles. The summed E-state index contributed by atoms with van der Waals surface area (Å²) in [6.45, 7) is 0. The molecule has 0 atom stereocenters. The first-order valence-electron chi connectivity index (χ1n) is 8.15. The van der Waals surface area contributed by atoms with Crippen molar-refractivity contribution in [3.63, 3.8) is 0 Å². The van der Waals surface area contributed by atoms with Crippen molar-refractivity contribution in [2.75, 3.05) is 5.32 Å². The van der Waals surface area contributed by atoms with Crippen LogP contribution in [0, 0.1) is 0 Å². The van der Waals surface area contributed by atoms with E-state index in [1.807, 2.05) is 12.1 Å². The van der Waals surface area contributed by atoms with Gasteiger partial charge in [-0.15, -0.1) is 24.9 Å². The van der Waals surface area contributed by atoms with E-state index in [9.17, 15) is 18.0 Å². The molecule has 0 radical (unpaired) electrons. The lowest BCUT2D eigenvalue weighted by Crippen LogP contribution is -2.17. The van der Waals surface area contributed by atoms with Crippen LogP contribution < -0.4 is 10.1 Å². The summed E-state index contributed by atoms with van der Waals surface area (Å²) < 4.78 is 41.1. The van der Waals surface area contributed by atoms with Crippen LogP contribution in [0.25, 0.3) is 0 Å². The summed E-state index contributed by atoms with van der Waals surface area (Å²) in [6.07, 6.45) is 0.160. The Bertz CT molecular complexity index is 1000. The fourth-order valence-corrected chi connectivity index (χ4v) is 3.70. The Morgan fingerprint density at radius 3 is 2.59 bits per heavy atom.